The lowest BCUT2D eigenvalue weighted by Gasteiger charge is -2.41. The van der Waals surface area contributed by atoms with E-state index in [9.17, 15) is 4.79 Å². The summed E-state index contributed by atoms with van der Waals surface area (Å²) in [4.78, 5) is 25.7. The van der Waals surface area contributed by atoms with Crippen LogP contribution in [0.4, 0.5) is 5.69 Å². The molecule has 2 aliphatic heterocycles. The molecule has 2 aromatic rings. The molecule has 2 aliphatic rings. The number of carbonyl (C=O) groups is 1. The molecular formula is C19H21BrN4O. The van der Waals surface area contributed by atoms with Gasteiger partial charge in [-0.15, -0.1) is 0 Å². The number of aromatic nitrogens is 2. The maximum atomic E-state index is 12.7. The summed E-state index contributed by atoms with van der Waals surface area (Å²) in [5, 5.41) is 0. The number of halogens is 1. The van der Waals surface area contributed by atoms with Gasteiger partial charge < -0.3 is 9.80 Å². The zero-order chi connectivity index (χ0) is 17.6. The standard InChI is InChI=1S/C19H21BrN4O/c1-12-5-13(2)22-17-11-24(10-16(12)17)19(25)6-14-8-23(9-14)15-3-4-21-18(20)7-15/h3-5,7,14H,6,8-11H2,1-2H3. The fourth-order valence-corrected chi connectivity index (χ4v) is 4.12. The summed E-state index contributed by atoms with van der Waals surface area (Å²) < 4.78 is 0.845. The van der Waals surface area contributed by atoms with E-state index < -0.39 is 0 Å². The van der Waals surface area contributed by atoms with Crippen LogP contribution in [0.25, 0.3) is 0 Å². The maximum absolute atomic E-state index is 12.7. The van der Waals surface area contributed by atoms with Gasteiger partial charge in [-0.3, -0.25) is 9.78 Å². The lowest BCUT2D eigenvalue weighted by atomic mass is 9.95. The van der Waals surface area contributed by atoms with Crippen LogP contribution in [0.15, 0.2) is 29.0 Å². The zero-order valence-corrected chi connectivity index (χ0v) is 16.1. The lowest BCUT2D eigenvalue weighted by Crippen LogP contribution is -2.48. The van der Waals surface area contributed by atoms with E-state index in [0.717, 1.165) is 34.8 Å². The molecule has 0 aliphatic carbocycles. The molecule has 4 heterocycles. The van der Waals surface area contributed by atoms with Crippen LogP contribution in [0, 0.1) is 19.8 Å². The second kappa shape index (κ2) is 6.41. The van der Waals surface area contributed by atoms with Crippen molar-refractivity contribution in [3.8, 4) is 0 Å². The number of carbonyl (C=O) groups excluding carboxylic acids is 1. The van der Waals surface area contributed by atoms with Crippen molar-refractivity contribution < 1.29 is 4.79 Å². The number of rotatable bonds is 3. The van der Waals surface area contributed by atoms with Gasteiger partial charge in [0.25, 0.3) is 0 Å². The van der Waals surface area contributed by atoms with Gasteiger partial charge in [-0.25, -0.2) is 4.98 Å². The first-order valence-electron chi connectivity index (χ1n) is 8.60. The average Bonchev–Trinajstić information content (AvgIpc) is 2.94. The van der Waals surface area contributed by atoms with Gasteiger partial charge in [-0.1, -0.05) is 0 Å². The monoisotopic (exact) mass is 400 g/mol. The Morgan fingerprint density at radius 2 is 2.08 bits per heavy atom. The van der Waals surface area contributed by atoms with Crippen LogP contribution in [-0.2, 0) is 17.9 Å². The molecule has 130 valence electrons. The number of pyridine rings is 2. The van der Waals surface area contributed by atoms with Gasteiger partial charge in [-0.2, -0.15) is 0 Å². The van der Waals surface area contributed by atoms with Gasteiger partial charge in [0.1, 0.15) is 4.60 Å². The SMILES string of the molecule is Cc1cc(C)c2c(n1)CN(C(=O)CC1CN(c3ccnc(Br)c3)C1)C2. The Morgan fingerprint density at radius 1 is 1.28 bits per heavy atom. The molecule has 0 N–H and O–H groups in total. The van der Waals surface area contributed by atoms with Crippen LogP contribution in [0.3, 0.4) is 0 Å². The summed E-state index contributed by atoms with van der Waals surface area (Å²) in [5.74, 6) is 0.676. The molecule has 0 saturated carbocycles. The summed E-state index contributed by atoms with van der Waals surface area (Å²) in [7, 11) is 0. The van der Waals surface area contributed by atoms with E-state index in [1.165, 1.54) is 11.1 Å². The number of aryl methyl sites for hydroxylation is 2. The van der Waals surface area contributed by atoms with Crippen LogP contribution in [0.5, 0.6) is 0 Å². The topological polar surface area (TPSA) is 49.3 Å². The highest BCUT2D eigenvalue weighted by atomic mass is 79.9. The van der Waals surface area contributed by atoms with Gasteiger partial charge in [0.15, 0.2) is 0 Å². The van der Waals surface area contributed by atoms with Crippen molar-refractivity contribution in [2.24, 2.45) is 5.92 Å². The van der Waals surface area contributed by atoms with E-state index in [1.54, 1.807) is 6.20 Å². The third kappa shape index (κ3) is 3.27. The molecule has 0 unspecified atom stereocenters. The van der Waals surface area contributed by atoms with E-state index in [0.29, 0.717) is 25.4 Å². The van der Waals surface area contributed by atoms with Gasteiger partial charge in [-0.05, 0) is 59.1 Å². The summed E-state index contributed by atoms with van der Waals surface area (Å²) in [6.07, 6.45) is 2.42. The average molecular weight is 401 g/mol. The van der Waals surface area contributed by atoms with Crippen molar-refractivity contribution in [3.05, 3.63) is 51.5 Å². The molecule has 1 saturated heterocycles. The first kappa shape index (κ1) is 16.5. The van der Waals surface area contributed by atoms with Gasteiger partial charge in [0, 0.05) is 49.6 Å². The second-order valence-corrected chi connectivity index (χ2v) is 7.88. The van der Waals surface area contributed by atoms with Crippen molar-refractivity contribution in [3.63, 3.8) is 0 Å². The van der Waals surface area contributed by atoms with E-state index in [4.69, 9.17) is 0 Å². The third-order valence-corrected chi connectivity index (χ3v) is 5.53. The molecule has 5 nitrogen and oxygen atoms in total. The van der Waals surface area contributed by atoms with E-state index in [1.807, 2.05) is 24.0 Å². The number of nitrogens with zero attached hydrogens (tertiary/aromatic N) is 4. The Kier molecular flexibility index (Phi) is 4.23. The van der Waals surface area contributed by atoms with Crippen LogP contribution < -0.4 is 4.90 Å². The van der Waals surface area contributed by atoms with Gasteiger partial charge in [0.2, 0.25) is 5.91 Å². The minimum absolute atomic E-state index is 0.246. The van der Waals surface area contributed by atoms with Crippen molar-refractivity contribution in [1.29, 1.82) is 0 Å². The zero-order valence-electron chi connectivity index (χ0n) is 14.5. The van der Waals surface area contributed by atoms with E-state index >= 15 is 0 Å². The Hall–Kier alpha value is -1.95. The second-order valence-electron chi connectivity index (χ2n) is 7.07. The first-order valence-corrected chi connectivity index (χ1v) is 9.39. The molecule has 0 spiro atoms. The molecule has 4 rings (SSSR count). The predicted molar refractivity (Wildman–Crippen MR) is 100 cm³/mol. The fourth-order valence-electron chi connectivity index (χ4n) is 3.77. The summed E-state index contributed by atoms with van der Waals surface area (Å²) in [6.45, 7) is 7.35. The van der Waals surface area contributed by atoms with Crippen molar-refractivity contribution in [2.75, 3.05) is 18.0 Å². The lowest BCUT2D eigenvalue weighted by molar-refractivity contribution is -0.133. The van der Waals surface area contributed by atoms with Crippen molar-refractivity contribution in [2.45, 2.75) is 33.4 Å². The number of amides is 1. The van der Waals surface area contributed by atoms with Crippen molar-refractivity contribution in [1.82, 2.24) is 14.9 Å². The molecule has 1 fully saturated rings. The van der Waals surface area contributed by atoms with Crippen LogP contribution in [0.2, 0.25) is 0 Å². The van der Waals surface area contributed by atoms with Crippen LogP contribution in [-0.4, -0.2) is 33.9 Å². The molecular weight excluding hydrogens is 380 g/mol. The molecule has 0 atom stereocenters. The molecule has 6 heteroatoms. The molecule has 0 aromatic carbocycles. The number of hydrogen-bond donors (Lipinski definition) is 0. The van der Waals surface area contributed by atoms with Gasteiger partial charge in [0.05, 0.1) is 12.2 Å². The summed E-state index contributed by atoms with van der Waals surface area (Å²) >= 11 is 3.40. The van der Waals surface area contributed by atoms with Gasteiger partial charge >= 0.3 is 0 Å². The molecule has 2 aromatic heterocycles. The molecule has 0 bridgehead atoms. The molecule has 1 amide bonds. The number of anilines is 1. The van der Waals surface area contributed by atoms with E-state index in [2.05, 4.69) is 43.8 Å². The predicted octanol–water partition coefficient (Wildman–Crippen LogP) is 3.22. The number of hydrogen-bond acceptors (Lipinski definition) is 4. The normalized spacial score (nSPS) is 16.8. The quantitative estimate of drug-likeness (QED) is 0.742. The summed E-state index contributed by atoms with van der Waals surface area (Å²) in [5.41, 5.74) is 5.74. The van der Waals surface area contributed by atoms with Crippen molar-refractivity contribution >= 4 is 27.5 Å². The number of fused-ring (bicyclic) bond motifs is 1. The summed E-state index contributed by atoms with van der Waals surface area (Å²) in [6, 6.07) is 6.13. The highest BCUT2D eigenvalue weighted by Crippen LogP contribution is 2.30. The fraction of sp³-hybridized carbons (Fsp3) is 0.421. The minimum Gasteiger partial charge on any atom is -0.371 e. The van der Waals surface area contributed by atoms with E-state index in [-0.39, 0.29) is 5.91 Å². The Balaban J connectivity index is 1.33. The Labute approximate surface area is 156 Å². The molecule has 0 radical (unpaired) electrons. The smallest absolute Gasteiger partial charge is 0.223 e. The van der Waals surface area contributed by atoms with Crippen LogP contribution >= 0.6 is 15.9 Å². The van der Waals surface area contributed by atoms with Crippen LogP contribution in [0.1, 0.15) is 28.9 Å². The largest absolute Gasteiger partial charge is 0.371 e. The highest BCUT2D eigenvalue weighted by Gasteiger charge is 2.32. The maximum Gasteiger partial charge on any atom is 0.223 e. The Bertz CT molecular complexity index is 832. The molecule has 25 heavy (non-hydrogen) atoms. The first-order chi connectivity index (χ1) is 12.0. The Morgan fingerprint density at radius 3 is 2.84 bits per heavy atom. The highest BCUT2D eigenvalue weighted by molar-refractivity contribution is 9.10. The minimum atomic E-state index is 0.246. The third-order valence-electron chi connectivity index (χ3n) is 5.10.